The topological polar surface area (TPSA) is 0 Å². The van der Waals surface area contributed by atoms with Crippen LogP contribution in [0.25, 0.3) is 6.08 Å². The fourth-order valence-electron chi connectivity index (χ4n) is 3.49. The van der Waals surface area contributed by atoms with Crippen LogP contribution in [0, 0.1) is 5.92 Å². The molecule has 1 fully saturated rings. The number of benzene rings is 1. The normalized spacial score (nSPS) is 20.2. The molecule has 3 rings (SSSR count). The molecule has 0 amide bonds. The maximum Gasteiger partial charge on any atom is -0.00579 e. The van der Waals surface area contributed by atoms with Crippen molar-refractivity contribution in [2.24, 2.45) is 5.92 Å². The highest BCUT2D eigenvalue weighted by Gasteiger charge is 2.18. The van der Waals surface area contributed by atoms with Crippen molar-refractivity contribution in [3.05, 3.63) is 40.5 Å². The van der Waals surface area contributed by atoms with E-state index in [1.165, 1.54) is 56.1 Å². The van der Waals surface area contributed by atoms with Crippen molar-refractivity contribution >= 4 is 6.08 Å². The van der Waals surface area contributed by atoms with Gasteiger partial charge < -0.3 is 0 Å². The first-order valence-corrected chi connectivity index (χ1v) is 7.11. The summed E-state index contributed by atoms with van der Waals surface area (Å²) in [5.74, 6) is 0.955. The Morgan fingerprint density at radius 1 is 1.12 bits per heavy atom. The van der Waals surface area contributed by atoms with E-state index in [0.717, 1.165) is 5.92 Å². The molecule has 1 saturated carbocycles. The monoisotopic (exact) mass is 226 g/mol. The second kappa shape index (κ2) is 4.68. The van der Waals surface area contributed by atoms with Crippen LogP contribution >= 0.6 is 0 Å². The van der Waals surface area contributed by atoms with Crippen LogP contribution in [0.5, 0.6) is 0 Å². The number of rotatable bonds is 2. The van der Waals surface area contributed by atoms with Crippen molar-refractivity contribution in [2.45, 2.75) is 51.9 Å². The number of hydrogen-bond acceptors (Lipinski definition) is 0. The second-order valence-electron chi connectivity index (χ2n) is 5.86. The first-order valence-electron chi connectivity index (χ1n) is 7.11. The van der Waals surface area contributed by atoms with Crippen molar-refractivity contribution in [1.82, 2.24) is 0 Å². The minimum absolute atomic E-state index is 0.955. The SMILES string of the molecule is CC1=Cc2cccc(CC3CCCCC3)c2C1. The molecule has 0 saturated heterocycles. The van der Waals surface area contributed by atoms with Gasteiger partial charge in [0.05, 0.1) is 0 Å². The molecule has 0 aromatic heterocycles. The lowest BCUT2D eigenvalue weighted by molar-refractivity contribution is 0.356. The van der Waals surface area contributed by atoms with Crippen molar-refractivity contribution in [3.8, 4) is 0 Å². The first-order chi connectivity index (χ1) is 8.33. The van der Waals surface area contributed by atoms with Gasteiger partial charge in [0, 0.05) is 0 Å². The third-order valence-corrected chi connectivity index (χ3v) is 4.40. The zero-order chi connectivity index (χ0) is 11.7. The molecule has 17 heavy (non-hydrogen) atoms. The van der Waals surface area contributed by atoms with Gasteiger partial charge in [-0.15, -0.1) is 0 Å². The van der Waals surface area contributed by atoms with Gasteiger partial charge in [0.15, 0.2) is 0 Å². The Balaban J connectivity index is 1.78. The fraction of sp³-hybridized carbons (Fsp3) is 0.529. The number of allylic oxidation sites excluding steroid dienone is 1. The number of hydrogen-bond donors (Lipinski definition) is 0. The van der Waals surface area contributed by atoms with E-state index in [4.69, 9.17) is 0 Å². The van der Waals surface area contributed by atoms with Crippen LogP contribution < -0.4 is 0 Å². The summed E-state index contributed by atoms with van der Waals surface area (Å²) in [5.41, 5.74) is 6.25. The zero-order valence-electron chi connectivity index (χ0n) is 10.8. The molecule has 0 bridgehead atoms. The maximum absolute atomic E-state index is 2.36. The lowest BCUT2D eigenvalue weighted by Gasteiger charge is -2.22. The standard InChI is InChI=1S/C17H22/c1-13-10-15-8-5-9-16(17(15)11-13)12-14-6-3-2-4-7-14/h5,8-10,14H,2-4,6-7,11-12H2,1H3. The van der Waals surface area contributed by atoms with Crippen LogP contribution in [0.15, 0.2) is 23.8 Å². The van der Waals surface area contributed by atoms with E-state index in [9.17, 15) is 0 Å². The van der Waals surface area contributed by atoms with Crippen LogP contribution in [-0.2, 0) is 12.8 Å². The molecule has 0 radical (unpaired) electrons. The Labute approximate surface area is 105 Å². The molecule has 0 unspecified atom stereocenters. The van der Waals surface area contributed by atoms with Crippen molar-refractivity contribution < 1.29 is 0 Å². The molecule has 1 aromatic rings. The van der Waals surface area contributed by atoms with Gasteiger partial charge in [-0.3, -0.25) is 0 Å². The minimum atomic E-state index is 0.955. The van der Waals surface area contributed by atoms with Gasteiger partial charge in [0.1, 0.15) is 0 Å². The van der Waals surface area contributed by atoms with E-state index < -0.39 is 0 Å². The molecule has 2 aliphatic rings. The molecule has 0 heterocycles. The zero-order valence-corrected chi connectivity index (χ0v) is 10.8. The third kappa shape index (κ3) is 2.31. The molecule has 0 spiro atoms. The summed E-state index contributed by atoms with van der Waals surface area (Å²) in [6, 6.07) is 6.88. The molecule has 2 aliphatic carbocycles. The summed E-state index contributed by atoms with van der Waals surface area (Å²) in [7, 11) is 0. The van der Waals surface area contributed by atoms with Gasteiger partial charge >= 0.3 is 0 Å². The Hall–Kier alpha value is -1.04. The van der Waals surface area contributed by atoms with Gasteiger partial charge in [-0.05, 0) is 42.4 Å². The Kier molecular flexibility index (Phi) is 3.05. The summed E-state index contributed by atoms with van der Waals surface area (Å²) in [6.07, 6.45) is 12.2. The molecule has 0 heteroatoms. The molecule has 1 aromatic carbocycles. The summed E-state index contributed by atoms with van der Waals surface area (Å²) in [5, 5.41) is 0. The van der Waals surface area contributed by atoms with E-state index in [-0.39, 0.29) is 0 Å². The highest BCUT2D eigenvalue weighted by molar-refractivity contribution is 5.65. The van der Waals surface area contributed by atoms with E-state index in [1.807, 2.05) is 0 Å². The van der Waals surface area contributed by atoms with Crippen LogP contribution in [0.4, 0.5) is 0 Å². The van der Waals surface area contributed by atoms with Gasteiger partial charge in [-0.1, -0.05) is 62.0 Å². The highest BCUT2D eigenvalue weighted by Crippen LogP contribution is 2.32. The Bertz CT molecular complexity index is 433. The second-order valence-corrected chi connectivity index (χ2v) is 5.86. The predicted molar refractivity (Wildman–Crippen MR) is 74.1 cm³/mol. The van der Waals surface area contributed by atoms with Crippen LogP contribution in [0.1, 0.15) is 55.7 Å². The molecular formula is C17H22. The Morgan fingerprint density at radius 2 is 1.94 bits per heavy atom. The lowest BCUT2D eigenvalue weighted by Crippen LogP contribution is -2.10. The number of fused-ring (bicyclic) bond motifs is 1. The minimum Gasteiger partial charge on any atom is -0.0683 e. The third-order valence-electron chi connectivity index (χ3n) is 4.40. The quantitative estimate of drug-likeness (QED) is 0.681. The molecule has 0 atom stereocenters. The average molecular weight is 226 g/mol. The van der Waals surface area contributed by atoms with Crippen LogP contribution in [-0.4, -0.2) is 0 Å². The molecule has 0 nitrogen and oxygen atoms in total. The predicted octanol–water partition coefficient (Wildman–Crippen LogP) is 4.77. The van der Waals surface area contributed by atoms with Crippen LogP contribution in [0.3, 0.4) is 0 Å². The Morgan fingerprint density at radius 3 is 2.76 bits per heavy atom. The first kappa shape index (κ1) is 11.1. The molecule has 0 N–H and O–H groups in total. The van der Waals surface area contributed by atoms with Gasteiger partial charge in [0.2, 0.25) is 0 Å². The summed E-state index contributed by atoms with van der Waals surface area (Å²) >= 11 is 0. The summed E-state index contributed by atoms with van der Waals surface area (Å²) in [4.78, 5) is 0. The van der Waals surface area contributed by atoms with E-state index in [2.05, 4.69) is 31.2 Å². The lowest BCUT2D eigenvalue weighted by atomic mass is 9.83. The van der Waals surface area contributed by atoms with E-state index in [0.29, 0.717) is 0 Å². The van der Waals surface area contributed by atoms with E-state index in [1.54, 1.807) is 11.1 Å². The van der Waals surface area contributed by atoms with Crippen molar-refractivity contribution in [3.63, 3.8) is 0 Å². The van der Waals surface area contributed by atoms with Crippen molar-refractivity contribution in [2.75, 3.05) is 0 Å². The molecular weight excluding hydrogens is 204 g/mol. The average Bonchev–Trinajstić information content (AvgIpc) is 2.72. The highest BCUT2D eigenvalue weighted by atomic mass is 14.2. The van der Waals surface area contributed by atoms with Gasteiger partial charge in [0.25, 0.3) is 0 Å². The van der Waals surface area contributed by atoms with Crippen LogP contribution in [0.2, 0.25) is 0 Å². The van der Waals surface area contributed by atoms with Gasteiger partial charge in [-0.25, -0.2) is 0 Å². The van der Waals surface area contributed by atoms with Crippen molar-refractivity contribution in [1.29, 1.82) is 0 Å². The maximum atomic E-state index is 2.36. The molecule has 0 aliphatic heterocycles. The molecule has 90 valence electrons. The van der Waals surface area contributed by atoms with Gasteiger partial charge in [-0.2, -0.15) is 0 Å². The largest absolute Gasteiger partial charge is 0.0683 e. The van der Waals surface area contributed by atoms with E-state index >= 15 is 0 Å². The fourth-order valence-corrected chi connectivity index (χ4v) is 3.49. The summed E-state index contributed by atoms with van der Waals surface area (Å²) in [6.45, 7) is 2.25. The smallest absolute Gasteiger partial charge is 0.00579 e. The summed E-state index contributed by atoms with van der Waals surface area (Å²) < 4.78 is 0.